The predicted molar refractivity (Wildman–Crippen MR) is 244 cm³/mol. The molecule has 0 heterocycles. The van der Waals surface area contributed by atoms with Crippen LogP contribution in [-0.2, 0) is 4.79 Å². The second-order valence-corrected chi connectivity index (χ2v) is 17.6. The molecule has 2 atom stereocenters. The number of allylic oxidation sites excluding steroid dienone is 2. The Kier molecular flexibility index (Phi) is 46.8. The Bertz CT molecular complexity index is 754. The maximum atomic E-state index is 12.4. The quantitative estimate of drug-likeness (QED) is 0.0426. The molecule has 328 valence electrons. The fraction of sp³-hybridized carbons (Fsp3) is 0.941. The summed E-state index contributed by atoms with van der Waals surface area (Å²) in [6.45, 7) is 4.36. The standard InChI is InChI=1S/C51H101NO3/c1-3-5-7-9-11-13-15-17-18-19-20-21-22-23-24-25-26-27-28-29-30-31-32-33-35-36-38-40-42-44-46-50(54)49(48-53)52-51(55)47-45-43-41-39-37-34-16-14-12-10-8-6-4-2/h14,16,49-50,53-54H,3-13,15,17-48H2,1-2H3,(H,52,55)/b16-14-. The summed E-state index contributed by atoms with van der Waals surface area (Å²) >= 11 is 0. The topological polar surface area (TPSA) is 69.6 Å². The summed E-state index contributed by atoms with van der Waals surface area (Å²) < 4.78 is 0. The summed E-state index contributed by atoms with van der Waals surface area (Å²) in [7, 11) is 0. The molecule has 0 aliphatic carbocycles. The number of aliphatic hydroxyl groups is 2. The number of amides is 1. The first-order chi connectivity index (χ1) is 27.2. The van der Waals surface area contributed by atoms with E-state index in [9.17, 15) is 15.0 Å². The first-order valence-corrected chi connectivity index (χ1v) is 25.4. The molecule has 0 rings (SSSR count). The average Bonchev–Trinajstić information content (AvgIpc) is 3.19. The van der Waals surface area contributed by atoms with Crippen molar-refractivity contribution in [2.75, 3.05) is 6.61 Å². The molecule has 2 unspecified atom stereocenters. The van der Waals surface area contributed by atoms with Crippen molar-refractivity contribution in [3.05, 3.63) is 12.2 Å². The van der Waals surface area contributed by atoms with Crippen molar-refractivity contribution < 1.29 is 15.0 Å². The minimum absolute atomic E-state index is 0.0372. The van der Waals surface area contributed by atoms with Crippen LogP contribution in [0.15, 0.2) is 12.2 Å². The number of rotatable bonds is 47. The van der Waals surface area contributed by atoms with Crippen LogP contribution in [0.5, 0.6) is 0 Å². The monoisotopic (exact) mass is 776 g/mol. The molecule has 0 aliphatic heterocycles. The van der Waals surface area contributed by atoms with E-state index < -0.39 is 12.1 Å². The van der Waals surface area contributed by atoms with Gasteiger partial charge < -0.3 is 15.5 Å². The van der Waals surface area contributed by atoms with Gasteiger partial charge in [0.15, 0.2) is 0 Å². The summed E-state index contributed by atoms with van der Waals surface area (Å²) in [5.41, 5.74) is 0. The Morgan fingerprint density at radius 3 is 1.02 bits per heavy atom. The van der Waals surface area contributed by atoms with E-state index in [0.717, 1.165) is 25.7 Å². The van der Waals surface area contributed by atoms with E-state index in [0.29, 0.717) is 12.8 Å². The minimum Gasteiger partial charge on any atom is -0.394 e. The number of carbonyl (C=O) groups is 1. The summed E-state index contributed by atoms with van der Waals surface area (Å²) in [5, 5.41) is 23.2. The molecule has 4 nitrogen and oxygen atoms in total. The molecule has 0 aromatic carbocycles. The highest BCUT2D eigenvalue weighted by Gasteiger charge is 2.20. The molecule has 0 aromatic heterocycles. The molecule has 0 saturated carbocycles. The second-order valence-electron chi connectivity index (χ2n) is 17.6. The van der Waals surface area contributed by atoms with Crippen LogP contribution in [0.1, 0.15) is 290 Å². The van der Waals surface area contributed by atoms with Gasteiger partial charge in [-0.05, 0) is 38.5 Å². The van der Waals surface area contributed by atoms with Gasteiger partial charge in [-0.15, -0.1) is 0 Å². The van der Waals surface area contributed by atoms with Crippen molar-refractivity contribution in [2.24, 2.45) is 0 Å². The Morgan fingerprint density at radius 2 is 0.691 bits per heavy atom. The Morgan fingerprint density at radius 1 is 0.418 bits per heavy atom. The maximum absolute atomic E-state index is 12.4. The molecule has 0 spiro atoms. The number of nitrogens with one attached hydrogen (secondary N) is 1. The van der Waals surface area contributed by atoms with Crippen LogP contribution in [0.4, 0.5) is 0 Å². The lowest BCUT2D eigenvalue weighted by atomic mass is 10.0. The highest BCUT2D eigenvalue weighted by atomic mass is 16.3. The van der Waals surface area contributed by atoms with Crippen LogP contribution < -0.4 is 5.32 Å². The van der Waals surface area contributed by atoms with Crippen LogP contribution >= 0.6 is 0 Å². The number of aliphatic hydroxyl groups excluding tert-OH is 2. The van der Waals surface area contributed by atoms with E-state index in [-0.39, 0.29) is 12.5 Å². The van der Waals surface area contributed by atoms with Crippen LogP contribution in [0.25, 0.3) is 0 Å². The third kappa shape index (κ3) is 44.1. The molecule has 3 N–H and O–H groups in total. The van der Waals surface area contributed by atoms with Gasteiger partial charge in [-0.3, -0.25) is 4.79 Å². The number of hydrogen-bond donors (Lipinski definition) is 3. The molecular weight excluding hydrogens is 675 g/mol. The van der Waals surface area contributed by atoms with E-state index in [1.54, 1.807) is 0 Å². The van der Waals surface area contributed by atoms with Gasteiger partial charge in [0.2, 0.25) is 5.91 Å². The van der Waals surface area contributed by atoms with Gasteiger partial charge in [-0.25, -0.2) is 0 Å². The zero-order chi connectivity index (χ0) is 40.0. The first kappa shape index (κ1) is 54.1. The van der Waals surface area contributed by atoms with Gasteiger partial charge in [0.05, 0.1) is 18.8 Å². The van der Waals surface area contributed by atoms with E-state index in [1.165, 1.54) is 238 Å². The Hall–Kier alpha value is -0.870. The average molecular weight is 776 g/mol. The zero-order valence-corrected chi connectivity index (χ0v) is 37.7. The second kappa shape index (κ2) is 47.5. The number of carbonyl (C=O) groups excluding carboxylic acids is 1. The van der Waals surface area contributed by atoms with Gasteiger partial charge in [0, 0.05) is 6.42 Å². The molecule has 0 fully saturated rings. The van der Waals surface area contributed by atoms with Crippen molar-refractivity contribution >= 4 is 5.91 Å². The highest BCUT2D eigenvalue weighted by Crippen LogP contribution is 2.17. The summed E-state index contributed by atoms with van der Waals surface area (Å²) in [5.74, 6) is -0.0372. The predicted octanol–water partition coefficient (Wildman–Crippen LogP) is 16.2. The van der Waals surface area contributed by atoms with E-state index in [4.69, 9.17) is 0 Å². The molecular formula is C51H101NO3. The largest absolute Gasteiger partial charge is 0.394 e. The lowest BCUT2D eigenvalue weighted by Gasteiger charge is -2.22. The molecule has 55 heavy (non-hydrogen) atoms. The number of hydrogen-bond acceptors (Lipinski definition) is 3. The smallest absolute Gasteiger partial charge is 0.220 e. The fourth-order valence-corrected chi connectivity index (χ4v) is 8.12. The van der Waals surface area contributed by atoms with Crippen molar-refractivity contribution in [3.8, 4) is 0 Å². The van der Waals surface area contributed by atoms with Gasteiger partial charge in [0.1, 0.15) is 0 Å². The SMILES string of the molecule is CCCCCC/C=C\CCCCCCCC(=O)NC(CO)C(O)CCCCCCCCCCCCCCCCCCCCCCCCCCCCCCCC. The van der Waals surface area contributed by atoms with Crippen LogP contribution in [0.2, 0.25) is 0 Å². The van der Waals surface area contributed by atoms with Crippen LogP contribution in [-0.4, -0.2) is 34.9 Å². The van der Waals surface area contributed by atoms with Gasteiger partial charge in [-0.2, -0.15) is 0 Å². The van der Waals surface area contributed by atoms with Gasteiger partial charge in [0.25, 0.3) is 0 Å². The Balaban J connectivity index is 3.39. The van der Waals surface area contributed by atoms with Crippen molar-refractivity contribution in [3.63, 3.8) is 0 Å². The van der Waals surface area contributed by atoms with Crippen molar-refractivity contribution in [1.29, 1.82) is 0 Å². The third-order valence-electron chi connectivity index (χ3n) is 12.0. The lowest BCUT2D eigenvalue weighted by Crippen LogP contribution is -2.45. The molecule has 0 aromatic rings. The summed E-state index contributed by atoms with van der Waals surface area (Å²) in [6, 6.07) is -0.537. The van der Waals surface area contributed by atoms with E-state index >= 15 is 0 Å². The Labute approximate surface area is 346 Å². The molecule has 0 radical (unpaired) electrons. The maximum Gasteiger partial charge on any atom is 0.220 e. The van der Waals surface area contributed by atoms with E-state index in [2.05, 4.69) is 31.3 Å². The first-order valence-electron chi connectivity index (χ1n) is 25.4. The third-order valence-corrected chi connectivity index (χ3v) is 12.0. The van der Waals surface area contributed by atoms with Crippen LogP contribution in [0.3, 0.4) is 0 Å². The molecule has 0 saturated heterocycles. The highest BCUT2D eigenvalue weighted by molar-refractivity contribution is 5.76. The van der Waals surface area contributed by atoms with Crippen molar-refractivity contribution in [1.82, 2.24) is 5.32 Å². The van der Waals surface area contributed by atoms with E-state index in [1.807, 2.05) is 0 Å². The zero-order valence-electron chi connectivity index (χ0n) is 37.7. The van der Waals surface area contributed by atoms with Crippen molar-refractivity contribution in [2.45, 2.75) is 302 Å². The van der Waals surface area contributed by atoms with Crippen LogP contribution in [0, 0.1) is 0 Å². The minimum atomic E-state index is -0.660. The van der Waals surface area contributed by atoms with Gasteiger partial charge >= 0.3 is 0 Å². The molecule has 4 heteroatoms. The van der Waals surface area contributed by atoms with Gasteiger partial charge in [-0.1, -0.05) is 257 Å². The molecule has 0 aliphatic rings. The molecule has 1 amide bonds. The fourth-order valence-electron chi connectivity index (χ4n) is 8.12. The summed E-state index contributed by atoms with van der Waals surface area (Å²) in [6.07, 6.45) is 60.4. The normalized spacial score (nSPS) is 12.9. The molecule has 0 bridgehead atoms. The lowest BCUT2D eigenvalue weighted by molar-refractivity contribution is -0.123. The summed E-state index contributed by atoms with van der Waals surface area (Å²) in [4.78, 5) is 12.4. The number of unbranched alkanes of at least 4 members (excludes halogenated alkanes) is 38.